The Labute approximate surface area is 92.2 Å². The van der Waals surface area contributed by atoms with Gasteiger partial charge in [0, 0.05) is 16.5 Å². The van der Waals surface area contributed by atoms with Crippen molar-refractivity contribution in [1.82, 2.24) is 4.98 Å². The number of nitrogens with zero attached hydrogens (tertiary/aromatic N) is 1. The maximum Gasteiger partial charge on any atom is 0.154 e. The van der Waals surface area contributed by atoms with Crippen molar-refractivity contribution < 1.29 is 0 Å². The molecule has 0 bridgehead atoms. The first kappa shape index (κ1) is 9.74. The summed E-state index contributed by atoms with van der Waals surface area (Å²) in [7, 11) is 0. The van der Waals surface area contributed by atoms with Crippen LogP contribution < -0.4 is 0 Å². The second kappa shape index (κ2) is 4.62. The monoisotopic (exact) mass is 221 g/mol. The Kier molecular flexibility index (Phi) is 3.22. The molecule has 1 aromatic heterocycles. The normalized spacial score (nSPS) is 10.4. The molecule has 14 heavy (non-hydrogen) atoms. The fraction of sp³-hybridized carbons (Fsp3) is 0.182. The lowest BCUT2D eigenvalue weighted by Gasteiger charge is -2.00. The van der Waals surface area contributed by atoms with Crippen molar-refractivity contribution in [3.8, 4) is 0 Å². The Morgan fingerprint density at radius 1 is 1.43 bits per heavy atom. The molecule has 0 N–H and O–H groups in total. The second-order valence-corrected chi connectivity index (χ2v) is 5.12. The van der Waals surface area contributed by atoms with E-state index in [1.54, 1.807) is 23.1 Å². The first-order valence-electron chi connectivity index (χ1n) is 4.55. The van der Waals surface area contributed by atoms with E-state index in [2.05, 4.69) is 36.2 Å². The van der Waals surface area contributed by atoms with Gasteiger partial charge in [-0.25, -0.2) is 4.98 Å². The molecule has 0 fully saturated rings. The van der Waals surface area contributed by atoms with Gasteiger partial charge in [0.25, 0.3) is 0 Å². The van der Waals surface area contributed by atoms with E-state index in [-0.39, 0.29) is 0 Å². The van der Waals surface area contributed by atoms with Crippen molar-refractivity contribution in [1.29, 1.82) is 0 Å². The summed E-state index contributed by atoms with van der Waals surface area (Å²) in [6.07, 6.45) is 2.93. The van der Waals surface area contributed by atoms with Crippen LogP contribution in [0.3, 0.4) is 0 Å². The molecule has 0 aliphatic heterocycles. The van der Waals surface area contributed by atoms with Gasteiger partial charge in [0.15, 0.2) is 4.34 Å². The predicted molar refractivity (Wildman–Crippen MR) is 62.1 cm³/mol. The lowest BCUT2D eigenvalue weighted by Crippen LogP contribution is -1.79. The standard InChI is InChI=1S/C11H11NS2/c1-2-9-4-3-5-10(8-9)14-11-12-6-7-13-11/h3-8H,2H2,1H3. The van der Waals surface area contributed by atoms with Gasteiger partial charge in [-0.05, 0) is 24.1 Å². The molecule has 0 aliphatic rings. The van der Waals surface area contributed by atoms with E-state index in [9.17, 15) is 0 Å². The minimum absolute atomic E-state index is 1.09. The lowest BCUT2D eigenvalue weighted by atomic mass is 10.2. The minimum atomic E-state index is 1.09. The predicted octanol–water partition coefficient (Wildman–Crippen LogP) is 3.86. The van der Waals surface area contributed by atoms with Crippen LogP contribution in [0.25, 0.3) is 0 Å². The summed E-state index contributed by atoms with van der Waals surface area (Å²) in [5.41, 5.74) is 1.38. The molecule has 0 aliphatic carbocycles. The third-order valence-electron chi connectivity index (χ3n) is 1.92. The van der Waals surface area contributed by atoms with Crippen LogP contribution in [-0.4, -0.2) is 4.98 Å². The molecule has 2 aromatic rings. The van der Waals surface area contributed by atoms with Crippen LogP contribution in [0.2, 0.25) is 0 Å². The molecule has 1 nitrogen and oxygen atoms in total. The van der Waals surface area contributed by atoms with Crippen molar-refractivity contribution in [3.63, 3.8) is 0 Å². The first-order valence-corrected chi connectivity index (χ1v) is 6.24. The molecule has 0 amide bonds. The first-order chi connectivity index (χ1) is 6.88. The van der Waals surface area contributed by atoms with Crippen LogP contribution in [0.15, 0.2) is 45.1 Å². The third kappa shape index (κ3) is 2.36. The van der Waals surface area contributed by atoms with E-state index in [1.165, 1.54) is 10.5 Å². The quantitative estimate of drug-likeness (QED) is 0.780. The van der Waals surface area contributed by atoms with Crippen molar-refractivity contribution in [2.24, 2.45) is 0 Å². The average Bonchev–Trinajstić information content (AvgIpc) is 2.71. The van der Waals surface area contributed by atoms with Gasteiger partial charge < -0.3 is 0 Å². The van der Waals surface area contributed by atoms with Crippen molar-refractivity contribution in [2.45, 2.75) is 22.6 Å². The smallest absolute Gasteiger partial charge is 0.154 e. The maximum absolute atomic E-state index is 4.25. The molecule has 0 saturated heterocycles. The molecule has 1 aromatic carbocycles. The zero-order chi connectivity index (χ0) is 9.80. The molecule has 0 spiro atoms. The number of benzene rings is 1. The van der Waals surface area contributed by atoms with Gasteiger partial charge in [0.1, 0.15) is 0 Å². The van der Waals surface area contributed by atoms with Crippen molar-refractivity contribution in [3.05, 3.63) is 41.4 Å². The van der Waals surface area contributed by atoms with Crippen LogP contribution in [0.4, 0.5) is 0 Å². The highest BCUT2D eigenvalue weighted by atomic mass is 32.2. The number of thiazole rings is 1. The highest BCUT2D eigenvalue weighted by molar-refractivity contribution is 8.01. The maximum atomic E-state index is 4.25. The zero-order valence-corrected chi connectivity index (χ0v) is 9.57. The van der Waals surface area contributed by atoms with Gasteiger partial charge in [-0.3, -0.25) is 0 Å². The molecule has 0 radical (unpaired) electrons. The Hall–Kier alpha value is -0.800. The van der Waals surface area contributed by atoms with Crippen LogP contribution >= 0.6 is 23.1 Å². The van der Waals surface area contributed by atoms with E-state index < -0.39 is 0 Å². The minimum Gasteiger partial charge on any atom is -0.238 e. The molecule has 1 heterocycles. The average molecular weight is 221 g/mol. The fourth-order valence-corrected chi connectivity index (χ4v) is 2.87. The van der Waals surface area contributed by atoms with Crippen LogP contribution in [0.1, 0.15) is 12.5 Å². The van der Waals surface area contributed by atoms with Crippen LogP contribution in [0.5, 0.6) is 0 Å². The second-order valence-electron chi connectivity index (χ2n) is 2.90. The Morgan fingerprint density at radius 3 is 3.07 bits per heavy atom. The zero-order valence-electron chi connectivity index (χ0n) is 7.93. The third-order valence-corrected chi connectivity index (χ3v) is 3.79. The molecular formula is C11H11NS2. The van der Waals surface area contributed by atoms with Gasteiger partial charge >= 0.3 is 0 Å². The molecular weight excluding hydrogens is 210 g/mol. The molecule has 0 atom stereocenters. The number of aromatic nitrogens is 1. The molecule has 0 saturated carbocycles. The Morgan fingerprint density at radius 2 is 2.36 bits per heavy atom. The van der Waals surface area contributed by atoms with Gasteiger partial charge in [0.2, 0.25) is 0 Å². The van der Waals surface area contributed by atoms with E-state index in [4.69, 9.17) is 0 Å². The summed E-state index contributed by atoms with van der Waals surface area (Å²) in [5.74, 6) is 0. The number of hydrogen-bond donors (Lipinski definition) is 0. The SMILES string of the molecule is CCc1cccc(Sc2nccs2)c1. The van der Waals surface area contributed by atoms with E-state index in [1.807, 2.05) is 11.6 Å². The van der Waals surface area contributed by atoms with Gasteiger partial charge in [-0.15, -0.1) is 11.3 Å². The number of rotatable bonds is 3. The summed E-state index contributed by atoms with van der Waals surface area (Å²) in [5, 5.41) is 2.01. The molecule has 72 valence electrons. The summed E-state index contributed by atoms with van der Waals surface area (Å²) in [6, 6.07) is 8.62. The van der Waals surface area contributed by atoms with Gasteiger partial charge in [-0.2, -0.15) is 0 Å². The number of hydrogen-bond acceptors (Lipinski definition) is 3. The van der Waals surface area contributed by atoms with E-state index in [0.717, 1.165) is 10.8 Å². The largest absolute Gasteiger partial charge is 0.238 e. The fourth-order valence-electron chi connectivity index (χ4n) is 1.19. The number of aryl methyl sites for hydroxylation is 1. The summed E-state index contributed by atoms with van der Waals surface area (Å²) in [4.78, 5) is 5.53. The summed E-state index contributed by atoms with van der Waals surface area (Å²) in [6.45, 7) is 2.17. The van der Waals surface area contributed by atoms with E-state index in [0.29, 0.717) is 0 Å². The van der Waals surface area contributed by atoms with Crippen LogP contribution in [0, 0.1) is 0 Å². The molecule has 2 rings (SSSR count). The summed E-state index contributed by atoms with van der Waals surface area (Å²) < 4.78 is 1.11. The highest BCUT2D eigenvalue weighted by Crippen LogP contribution is 2.29. The Balaban J connectivity index is 2.17. The molecule has 0 unspecified atom stereocenters. The van der Waals surface area contributed by atoms with Crippen molar-refractivity contribution in [2.75, 3.05) is 0 Å². The summed E-state index contributed by atoms with van der Waals surface area (Å²) >= 11 is 3.41. The van der Waals surface area contributed by atoms with E-state index >= 15 is 0 Å². The van der Waals surface area contributed by atoms with Crippen molar-refractivity contribution >= 4 is 23.1 Å². The highest BCUT2D eigenvalue weighted by Gasteiger charge is 1.99. The lowest BCUT2D eigenvalue weighted by molar-refractivity contribution is 1.12. The van der Waals surface area contributed by atoms with Crippen LogP contribution in [-0.2, 0) is 6.42 Å². The van der Waals surface area contributed by atoms with Gasteiger partial charge in [0.05, 0.1) is 0 Å². The molecule has 3 heteroatoms. The topological polar surface area (TPSA) is 12.9 Å². The van der Waals surface area contributed by atoms with Gasteiger partial charge in [-0.1, -0.05) is 30.8 Å². The Bertz CT molecular complexity index is 395.